The van der Waals surface area contributed by atoms with Crippen LogP contribution < -0.4 is 5.14 Å². The molecule has 24 heavy (non-hydrogen) atoms. The van der Waals surface area contributed by atoms with Crippen molar-refractivity contribution in [3.63, 3.8) is 0 Å². The third-order valence-corrected chi connectivity index (χ3v) is 4.38. The van der Waals surface area contributed by atoms with Crippen molar-refractivity contribution < 1.29 is 26.0 Å². The summed E-state index contributed by atoms with van der Waals surface area (Å²) in [7, 11) is -4.27. The fourth-order valence-corrected chi connectivity index (χ4v) is 2.94. The fourth-order valence-electron chi connectivity index (χ4n) is 2.35. The Morgan fingerprint density at radius 3 is 2.42 bits per heavy atom. The number of hydrogen-bond donors (Lipinski definition) is 2. The molecule has 0 spiro atoms. The van der Waals surface area contributed by atoms with E-state index in [1.807, 2.05) is 0 Å². The van der Waals surface area contributed by atoms with Gasteiger partial charge in [0.25, 0.3) is 0 Å². The zero-order chi connectivity index (χ0) is 17.7. The Bertz CT molecular complexity index is 1040. The smallest absolute Gasteiger partial charge is 0.278 e. The first-order chi connectivity index (χ1) is 11.1. The Morgan fingerprint density at radius 1 is 1.12 bits per heavy atom. The summed E-state index contributed by atoms with van der Waals surface area (Å²) in [5.41, 5.74) is -0.688. The van der Waals surface area contributed by atoms with Gasteiger partial charge in [0.1, 0.15) is 10.7 Å². The molecule has 0 atom stereocenters. The lowest BCUT2D eigenvalue weighted by molar-refractivity contribution is -0.137. The minimum atomic E-state index is -4.60. The van der Waals surface area contributed by atoms with E-state index in [1.165, 1.54) is 12.3 Å². The molecule has 1 heterocycles. The number of sulfonamides is 1. The second-order valence-corrected chi connectivity index (χ2v) is 6.57. The van der Waals surface area contributed by atoms with Crippen LogP contribution in [0, 0.1) is 5.82 Å². The van der Waals surface area contributed by atoms with Crippen LogP contribution in [0.4, 0.5) is 17.6 Å². The van der Waals surface area contributed by atoms with Crippen LogP contribution >= 0.6 is 0 Å². The number of nitrogens with zero attached hydrogens (tertiary/aromatic N) is 1. The van der Waals surface area contributed by atoms with E-state index in [0.717, 1.165) is 24.3 Å². The Hall–Kier alpha value is -2.46. The first kappa shape index (κ1) is 16.4. The summed E-state index contributed by atoms with van der Waals surface area (Å²) >= 11 is 0. The molecule has 3 N–H and O–H groups in total. The van der Waals surface area contributed by atoms with Crippen molar-refractivity contribution >= 4 is 20.9 Å². The van der Waals surface area contributed by atoms with Crippen molar-refractivity contribution in [2.24, 2.45) is 5.14 Å². The van der Waals surface area contributed by atoms with Crippen LogP contribution in [0.2, 0.25) is 0 Å². The molecule has 0 saturated heterocycles. The van der Waals surface area contributed by atoms with E-state index < -0.39 is 32.5 Å². The number of aromatic amines is 1. The van der Waals surface area contributed by atoms with Gasteiger partial charge in [-0.15, -0.1) is 0 Å². The Morgan fingerprint density at radius 2 is 1.83 bits per heavy atom. The van der Waals surface area contributed by atoms with Gasteiger partial charge in [0.05, 0.1) is 17.3 Å². The monoisotopic (exact) mass is 359 g/mol. The highest BCUT2D eigenvalue weighted by molar-refractivity contribution is 7.89. The largest absolute Gasteiger partial charge is 0.416 e. The van der Waals surface area contributed by atoms with Crippen molar-refractivity contribution in [1.82, 2.24) is 10.2 Å². The number of nitrogens with two attached hydrogens (primary N) is 1. The summed E-state index contributed by atoms with van der Waals surface area (Å²) in [4.78, 5) is -0.735. The average Bonchev–Trinajstić information content (AvgIpc) is 2.92. The van der Waals surface area contributed by atoms with Gasteiger partial charge in [-0.05, 0) is 35.4 Å². The van der Waals surface area contributed by atoms with E-state index in [-0.39, 0.29) is 16.6 Å². The highest BCUT2D eigenvalue weighted by atomic mass is 32.2. The van der Waals surface area contributed by atoms with Crippen LogP contribution in [0.25, 0.3) is 22.0 Å². The number of benzene rings is 2. The quantitative estimate of drug-likeness (QED) is 0.689. The van der Waals surface area contributed by atoms with Gasteiger partial charge in [-0.1, -0.05) is 6.07 Å². The standard InChI is InChI=1S/C14H9F4N3O2S/c15-11-3-7(1-2-13(11)24(19,22)23)9-4-8(14(16,17)18)5-12-10(9)6-20-21-12/h1-6H,(H,20,21)(H2,19,22,23). The van der Waals surface area contributed by atoms with Crippen molar-refractivity contribution in [3.8, 4) is 11.1 Å². The molecular weight excluding hydrogens is 350 g/mol. The predicted molar refractivity (Wildman–Crippen MR) is 77.9 cm³/mol. The minimum absolute atomic E-state index is 0.0634. The lowest BCUT2D eigenvalue weighted by Crippen LogP contribution is -2.14. The molecule has 0 unspecified atom stereocenters. The molecule has 0 aliphatic carbocycles. The number of aromatic nitrogens is 2. The highest BCUT2D eigenvalue weighted by Gasteiger charge is 2.32. The summed E-state index contributed by atoms with van der Waals surface area (Å²) in [6, 6.07) is 4.66. The maximum absolute atomic E-state index is 14.0. The zero-order valence-electron chi connectivity index (χ0n) is 11.7. The fraction of sp³-hybridized carbons (Fsp3) is 0.0714. The molecular formula is C14H9F4N3O2S. The van der Waals surface area contributed by atoms with Gasteiger partial charge in [-0.3, -0.25) is 5.10 Å². The highest BCUT2D eigenvalue weighted by Crippen LogP contribution is 2.37. The average molecular weight is 359 g/mol. The third kappa shape index (κ3) is 2.85. The van der Waals surface area contributed by atoms with Crippen molar-refractivity contribution in [2.45, 2.75) is 11.1 Å². The number of primary sulfonamides is 1. The SMILES string of the molecule is NS(=O)(=O)c1ccc(-c2cc(C(F)(F)F)cc3[nH]ncc23)cc1F. The first-order valence-electron chi connectivity index (χ1n) is 6.44. The van der Waals surface area contributed by atoms with E-state index in [1.54, 1.807) is 0 Å². The van der Waals surface area contributed by atoms with Crippen molar-refractivity contribution in [1.29, 1.82) is 0 Å². The second kappa shape index (κ2) is 5.28. The number of halogens is 4. The molecule has 0 amide bonds. The van der Waals surface area contributed by atoms with Crippen LogP contribution in [-0.4, -0.2) is 18.6 Å². The van der Waals surface area contributed by atoms with Crippen molar-refractivity contribution in [3.05, 3.63) is 47.9 Å². The van der Waals surface area contributed by atoms with Crippen LogP contribution in [0.1, 0.15) is 5.56 Å². The van der Waals surface area contributed by atoms with Crippen LogP contribution in [-0.2, 0) is 16.2 Å². The van der Waals surface area contributed by atoms with Gasteiger partial charge in [0, 0.05) is 5.39 Å². The van der Waals surface area contributed by atoms with E-state index in [4.69, 9.17) is 5.14 Å². The molecule has 3 rings (SSSR count). The topological polar surface area (TPSA) is 88.8 Å². The molecule has 2 aromatic carbocycles. The summed E-state index contributed by atoms with van der Waals surface area (Å²) < 4.78 is 75.5. The van der Waals surface area contributed by atoms with Crippen LogP contribution in [0.15, 0.2) is 41.4 Å². The summed E-state index contributed by atoms with van der Waals surface area (Å²) in [5.74, 6) is -1.15. The van der Waals surface area contributed by atoms with E-state index in [0.29, 0.717) is 5.39 Å². The van der Waals surface area contributed by atoms with Gasteiger partial charge >= 0.3 is 6.18 Å². The number of nitrogens with one attached hydrogen (secondary N) is 1. The maximum atomic E-state index is 14.0. The Kier molecular flexibility index (Phi) is 3.61. The normalized spacial score (nSPS) is 12.7. The van der Waals surface area contributed by atoms with E-state index in [2.05, 4.69) is 10.2 Å². The molecule has 0 aliphatic heterocycles. The lowest BCUT2D eigenvalue weighted by atomic mass is 9.99. The number of fused-ring (bicyclic) bond motifs is 1. The van der Waals surface area contributed by atoms with Gasteiger partial charge in [-0.25, -0.2) is 17.9 Å². The lowest BCUT2D eigenvalue weighted by Gasteiger charge is -2.11. The number of hydrogen-bond acceptors (Lipinski definition) is 3. The molecule has 3 aromatic rings. The third-order valence-electron chi connectivity index (χ3n) is 3.44. The molecule has 1 aromatic heterocycles. The predicted octanol–water partition coefficient (Wildman–Crippen LogP) is 3.04. The molecule has 0 bridgehead atoms. The van der Waals surface area contributed by atoms with Gasteiger partial charge in [0.2, 0.25) is 10.0 Å². The summed E-state index contributed by atoms with van der Waals surface area (Å²) in [6.45, 7) is 0. The maximum Gasteiger partial charge on any atom is 0.416 e. The first-order valence-corrected chi connectivity index (χ1v) is 7.99. The molecule has 0 radical (unpaired) electrons. The molecule has 5 nitrogen and oxygen atoms in total. The van der Waals surface area contributed by atoms with Crippen LogP contribution in [0.3, 0.4) is 0 Å². The number of rotatable bonds is 2. The molecule has 0 fully saturated rings. The van der Waals surface area contributed by atoms with Crippen LogP contribution in [0.5, 0.6) is 0 Å². The van der Waals surface area contributed by atoms with Gasteiger partial charge in [-0.2, -0.15) is 18.3 Å². The Balaban J connectivity index is 2.26. The van der Waals surface area contributed by atoms with E-state index >= 15 is 0 Å². The zero-order valence-corrected chi connectivity index (χ0v) is 12.5. The van der Waals surface area contributed by atoms with E-state index in [9.17, 15) is 26.0 Å². The molecule has 10 heteroatoms. The van der Waals surface area contributed by atoms with Crippen molar-refractivity contribution in [2.75, 3.05) is 0 Å². The number of H-pyrrole nitrogens is 1. The van der Waals surface area contributed by atoms with Gasteiger partial charge in [0.15, 0.2) is 0 Å². The summed E-state index contributed by atoms with van der Waals surface area (Å²) in [5, 5.41) is 11.3. The molecule has 0 aliphatic rings. The summed E-state index contributed by atoms with van der Waals surface area (Å²) in [6.07, 6.45) is -3.30. The molecule has 0 saturated carbocycles. The molecule has 126 valence electrons. The number of alkyl halides is 3. The second-order valence-electron chi connectivity index (χ2n) is 5.04. The minimum Gasteiger partial charge on any atom is -0.278 e. The van der Waals surface area contributed by atoms with Gasteiger partial charge < -0.3 is 0 Å². The Labute approximate surface area is 133 Å².